The standard InChI is InChI=1S/C28H33FN8O3/c1-16-3-4-17-11-24(32-13-18(17)9-16)34-27(38)36(2)23-15-37(8-6-21(23)29)26-30-7-5-25(35-26)40-28(39)33-22-12-20-10-19(22)14-31-20/h3-5,7,9,11,13,19-23,31H,6,8,10,12,14-15H2,1-2H3,(H,33,39)(H,32,34,38)/t19-,20-,21+,22+,23-/m0/s1. The lowest BCUT2D eigenvalue weighted by atomic mass is 10.0. The van der Waals surface area contributed by atoms with Gasteiger partial charge in [0.25, 0.3) is 0 Å². The summed E-state index contributed by atoms with van der Waals surface area (Å²) >= 11 is 0. The van der Waals surface area contributed by atoms with Crippen LogP contribution < -0.4 is 25.6 Å². The van der Waals surface area contributed by atoms with E-state index in [-0.39, 0.29) is 24.9 Å². The van der Waals surface area contributed by atoms with Crippen LogP contribution in [0.15, 0.2) is 42.7 Å². The van der Waals surface area contributed by atoms with Gasteiger partial charge in [-0.3, -0.25) is 5.32 Å². The Labute approximate surface area is 231 Å². The van der Waals surface area contributed by atoms with Gasteiger partial charge in [0, 0.05) is 62.6 Å². The molecule has 1 aromatic carbocycles. The quantitative estimate of drug-likeness (QED) is 0.444. The van der Waals surface area contributed by atoms with Gasteiger partial charge in [-0.25, -0.2) is 23.9 Å². The molecule has 2 bridgehead atoms. The topological polar surface area (TPSA) is 125 Å². The minimum atomic E-state index is -1.22. The van der Waals surface area contributed by atoms with Gasteiger partial charge in [0.1, 0.15) is 12.0 Å². The average Bonchev–Trinajstić information content (AvgIpc) is 3.56. The fourth-order valence-corrected chi connectivity index (χ4v) is 5.96. The summed E-state index contributed by atoms with van der Waals surface area (Å²) in [6.07, 6.45) is 3.61. The van der Waals surface area contributed by atoms with Crippen molar-refractivity contribution in [2.45, 2.75) is 50.5 Å². The van der Waals surface area contributed by atoms with E-state index in [4.69, 9.17) is 4.74 Å². The van der Waals surface area contributed by atoms with Crippen molar-refractivity contribution in [1.82, 2.24) is 30.5 Å². The first kappa shape index (κ1) is 26.2. The number of halogens is 1. The summed E-state index contributed by atoms with van der Waals surface area (Å²) in [5, 5.41) is 11.1. The van der Waals surface area contributed by atoms with E-state index in [1.807, 2.05) is 25.1 Å². The number of benzene rings is 1. The van der Waals surface area contributed by atoms with Crippen LogP contribution in [0.3, 0.4) is 0 Å². The molecular weight excluding hydrogens is 515 g/mol. The Bertz CT molecular complexity index is 1420. The van der Waals surface area contributed by atoms with Crippen LogP contribution in [0.1, 0.15) is 24.8 Å². The van der Waals surface area contributed by atoms with Crippen molar-refractivity contribution < 1.29 is 18.7 Å². The van der Waals surface area contributed by atoms with Crippen LogP contribution in [0.25, 0.3) is 10.8 Å². The number of rotatable bonds is 5. The highest BCUT2D eigenvalue weighted by molar-refractivity contribution is 5.92. The summed E-state index contributed by atoms with van der Waals surface area (Å²) in [4.78, 5) is 41.7. The summed E-state index contributed by atoms with van der Waals surface area (Å²) in [6, 6.07) is 8.66. The zero-order chi connectivity index (χ0) is 27.8. The van der Waals surface area contributed by atoms with Crippen molar-refractivity contribution in [3.63, 3.8) is 0 Å². The maximum Gasteiger partial charge on any atom is 0.414 e. The molecule has 0 radical (unpaired) electrons. The van der Waals surface area contributed by atoms with Crippen LogP contribution >= 0.6 is 0 Å². The second kappa shape index (κ2) is 10.8. The van der Waals surface area contributed by atoms with Crippen LogP contribution in [0.5, 0.6) is 5.88 Å². The number of piperidine rings is 2. The Morgan fingerprint density at radius 3 is 2.85 bits per heavy atom. The first-order chi connectivity index (χ1) is 19.3. The van der Waals surface area contributed by atoms with Crippen molar-refractivity contribution in [2.75, 3.05) is 36.9 Å². The van der Waals surface area contributed by atoms with Gasteiger partial charge in [-0.15, -0.1) is 0 Å². The fourth-order valence-electron chi connectivity index (χ4n) is 5.96. The van der Waals surface area contributed by atoms with Crippen LogP contribution in [0, 0.1) is 12.8 Å². The number of ether oxygens (including phenoxy) is 1. The highest BCUT2D eigenvalue weighted by atomic mass is 19.1. The molecule has 1 saturated carbocycles. The minimum absolute atomic E-state index is 0.0973. The largest absolute Gasteiger partial charge is 0.414 e. The summed E-state index contributed by atoms with van der Waals surface area (Å²) in [5.74, 6) is 1.25. The molecule has 3 fully saturated rings. The first-order valence-corrected chi connectivity index (χ1v) is 13.7. The first-order valence-electron chi connectivity index (χ1n) is 13.7. The highest BCUT2D eigenvalue weighted by Crippen LogP contribution is 2.31. The van der Waals surface area contributed by atoms with E-state index in [2.05, 4.69) is 30.9 Å². The fraction of sp³-hybridized carbons (Fsp3) is 0.464. The van der Waals surface area contributed by atoms with Gasteiger partial charge in [0.2, 0.25) is 11.8 Å². The SMILES string of the molecule is Cc1ccc2cc(NC(=O)N(C)[C@H]3CN(c4nccc(OC(=O)N[C@@H]5C[C@@H]6C[C@H]5CN6)n4)CC[C@H]3F)ncc2c1. The molecular formula is C28H33FN8O3. The minimum Gasteiger partial charge on any atom is -0.391 e. The molecule has 3 amide bonds. The molecule has 0 unspecified atom stereocenters. The number of fused-ring (bicyclic) bond motifs is 3. The lowest BCUT2D eigenvalue weighted by Crippen LogP contribution is -2.55. The maximum atomic E-state index is 15.1. The van der Waals surface area contributed by atoms with Gasteiger partial charge in [-0.1, -0.05) is 17.7 Å². The third-order valence-corrected chi connectivity index (χ3v) is 8.19. The number of carbonyl (C=O) groups is 2. The Balaban J connectivity index is 1.08. The summed E-state index contributed by atoms with van der Waals surface area (Å²) in [6.45, 7) is 3.47. The number of nitrogens with zero attached hydrogens (tertiary/aromatic N) is 5. The van der Waals surface area contributed by atoms with Gasteiger partial charge < -0.3 is 25.2 Å². The van der Waals surface area contributed by atoms with E-state index in [0.717, 1.165) is 35.7 Å². The van der Waals surface area contributed by atoms with Gasteiger partial charge in [-0.2, -0.15) is 4.98 Å². The predicted octanol–water partition coefficient (Wildman–Crippen LogP) is 3.25. The molecule has 12 heteroatoms. The number of nitrogens with one attached hydrogen (secondary N) is 3. The van der Waals surface area contributed by atoms with Crippen LogP contribution in [0.2, 0.25) is 0 Å². The Hall–Kier alpha value is -4.06. The molecule has 11 nitrogen and oxygen atoms in total. The van der Waals surface area contributed by atoms with Crippen LogP contribution in [-0.2, 0) is 0 Å². The zero-order valence-electron chi connectivity index (χ0n) is 22.5. The van der Waals surface area contributed by atoms with Crippen molar-refractivity contribution in [3.8, 4) is 5.88 Å². The smallest absolute Gasteiger partial charge is 0.391 e. The zero-order valence-corrected chi connectivity index (χ0v) is 22.5. The average molecular weight is 549 g/mol. The van der Waals surface area contributed by atoms with E-state index < -0.39 is 24.3 Å². The molecule has 2 saturated heterocycles. The van der Waals surface area contributed by atoms with E-state index in [1.165, 1.54) is 17.2 Å². The van der Waals surface area contributed by atoms with Crippen LogP contribution in [-0.4, -0.2) is 83.0 Å². The number of carbonyl (C=O) groups excluding carboxylic acids is 2. The van der Waals surface area contributed by atoms with Crippen molar-refractivity contribution in [3.05, 3.63) is 48.3 Å². The third kappa shape index (κ3) is 5.48. The molecule has 3 aliphatic rings. The number of alkyl halides is 1. The number of hydrogen-bond donors (Lipinski definition) is 3. The lowest BCUT2D eigenvalue weighted by molar-refractivity contribution is 0.133. The molecule has 3 N–H and O–H groups in total. The summed E-state index contributed by atoms with van der Waals surface area (Å²) in [5.41, 5.74) is 1.12. The predicted molar refractivity (Wildman–Crippen MR) is 148 cm³/mol. The van der Waals surface area contributed by atoms with Crippen molar-refractivity contribution in [2.24, 2.45) is 5.92 Å². The van der Waals surface area contributed by atoms with E-state index in [9.17, 15) is 9.59 Å². The molecule has 0 spiro atoms. The molecule has 3 aromatic rings. The van der Waals surface area contributed by atoms with E-state index in [0.29, 0.717) is 30.3 Å². The molecule has 2 aliphatic heterocycles. The maximum absolute atomic E-state index is 15.1. The molecule has 40 heavy (non-hydrogen) atoms. The molecule has 6 rings (SSSR count). The van der Waals surface area contributed by atoms with Crippen LogP contribution in [0.4, 0.5) is 25.7 Å². The van der Waals surface area contributed by atoms with Gasteiger partial charge >= 0.3 is 12.1 Å². The third-order valence-electron chi connectivity index (χ3n) is 8.19. The number of pyridine rings is 1. The summed E-state index contributed by atoms with van der Waals surface area (Å²) < 4.78 is 20.5. The van der Waals surface area contributed by atoms with Gasteiger partial charge in [0.05, 0.1) is 6.04 Å². The highest BCUT2D eigenvalue weighted by Gasteiger charge is 2.40. The number of aromatic nitrogens is 3. The van der Waals surface area contributed by atoms with E-state index in [1.54, 1.807) is 24.2 Å². The summed E-state index contributed by atoms with van der Waals surface area (Å²) in [7, 11) is 1.57. The van der Waals surface area contributed by atoms with Crippen molar-refractivity contribution >= 4 is 34.7 Å². The Morgan fingerprint density at radius 2 is 2.05 bits per heavy atom. The number of anilines is 2. The molecule has 210 valence electrons. The molecule has 5 atom stereocenters. The number of hydrogen-bond acceptors (Lipinski definition) is 8. The van der Waals surface area contributed by atoms with Gasteiger partial charge in [0.15, 0.2) is 0 Å². The van der Waals surface area contributed by atoms with Crippen molar-refractivity contribution in [1.29, 1.82) is 0 Å². The molecule has 2 aromatic heterocycles. The second-order valence-electron chi connectivity index (χ2n) is 11.0. The number of likely N-dealkylation sites (N-methyl/N-ethyl adjacent to an activating group) is 1. The van der Waals surface area contributed by atoms with E-state index >= 15 is 4.39 Å². The lowest BCUT2D eigenvalue weighted by Gasteiger charge is -2.39. The Kier molecular flexibility index (Phi) is 7.09. The molecule has 4 heterocycles. The Morgan fingerprint density at radius 1 is 1.18 bits per heavy atom. The number of urea groups is 1. The normalized spacial score (nSPS) is 25.6. The molecule has 1 aliphatic carbocycles. The number of aryl methyl sites for hydroxylation is 1. The second-order valence-corrected chi connectivity index (χ2v) is 11.0. The van der Waals surface area contributed by atoms with Gasteiger partial charge in [-0.05, 0) is 49.6 Å². The number of amides is 3. The monoisotopic (exact) mass is 548 g/mol.